The summed E-state index contributed by atoms with van der Waals surface area (Å²) in [7, 11) is 4.09. The van der Waals surface area contributed by atoms with Gasteiger partial charge in [0, 0.05) is 35.4 Å². The number of para-hydroxylation sites is 1. The van der Waals surface area contributed by atoms with Crippen LogP contribution in [0.1, 0.15) is 28.8 Å². The Labute approximate surface area is 200 Å². The normalized spacial score (nSPS) is 18.5. The number of anilines is 2. The summed E-state index contributed by atoms with van der Waals surface area (Å²) >= 11 is 3.56. The monoisotopic (exact) mass is 499 g/mol. The molecular formula is C26H22BrN5O. The summed E-state index contributed by atoms with van der Waals surface area (Å²) < 4.78 is 9.65. The second-order valence-corrected chi connectivity index (χ2v) is 9.33. The van der Waals surface area contributed by atoms with Gasteiger partial charge in [-0.2, -0.15) is 10.1 Å². The first-order valence-corrected chi connectivity index (χ1v) is 11.6. The van der Waals surface area contributed by atoms with Crippen LogP contribution in [0.15, 0.2) is 89.2 Å². The maximum Gasteiger partial charge on any atom is 0.226 e. The standard InChI is InChI=1S/C26H22BrN5O/c1-31(2)19-13-9-17(10-14-19)25-22-23(20-5-3-4-6-21(20)33-25)30-26-28-15-29-32(26)24(22)16-7-11-18(27)12-8-16/h3-15,24-25H,1-2H3,(H,28,29,30)/t24-,25-/m0/s1. The molecule has 2 atom stereocenters. The van der Waals surface area contributed by atoms with E-state index < -0.39 is 0 Å². The van der Waals surface area contributed by atoms with Crippen LogP contribution in [0.5, 0.6) is 5.75 Å². The number of fused-ring (bicyclic) bond motifs is 3. The third-order valence-corrected chi connectivity index (χ3v) is 6.75. The number of aromatic nitrogens is 3. The zero-order chi connectivity index (χ0) is 22.5. The lowest BCUT2D eigenvalue weighted by Crippen LogP contribution is -2.32. The Bertz CT molecular complexity index is 1360. The fraction of sp³-hybridized carbons (Fsp3) is 0.154. The maximum absolute atomic E-state index is 6.67. The number of benzene rings is 3. The Hall–Kier alpha value is -3.58. The van der Waals surface area contributed by atoms with E-state index in [1.165, 1.54) is 0 Å². The van der Waals surface area contributed by atoms with Crippen molar-refractivity contribution in [2.75, 3.05) is 24.3 Å². The van der Waals surface area contributed by atoms with Gasteiger partial charge in [0.05, 0.1) is 5.70 Å². The summed E-state index contributed by atoms with van der Waals surface area (Å²) in [5.74, 6) is 1.58. The molecule has 1 aromatic heterocycles. The number of nitrogens with zero attached hydrogens (tertiary/aromatic N) is 4. The highest BCUT2D eigenvalue weighted by atomic mass is 79.9. The van der Waals surface area contributed by atoms with Gasteiger partial charge in [-0.15, -0.1) is 0 Å². The Balaban J connectivity index is 1.58. The molecule has 6 nitrogen and oxygen atoms in total. The van der Waals surface area contributed by atoms with Gasteiger partial charge in [0.25, 0.3) is 0 Å². The quantitative estimate of drug-likeness (QED) is 0.393. The largest absolute Gasteiger partial charge is 0.480 e. The van der Waals surface area contributed by atoms with E-state index in [2.05, 4.69) is 90.8 Å². The van der Waals surface area contributed by atoms with Crippen LogP contribution in [0.4, 0.5) is 11.6 Å². The Morgan fingerprint density at radius 1 is 0.939 bits per heavy atom. The fourth-order valence-corrected chi connectivity index (χ4v) is 4.87. The van der Waals surface area contributed by atoms with Crippen LogP contribution in [0.2, 0.25) is 0 Å². The lowest BCUT2D eigenvalue weighted by atomic mass is 9.84. The zero-order valence-electron chi connectivity index (χ0n) is 18.2. The van der Waals surface area contributed by atoms with Crippen LogP contribution in [-0.4, -0.2) is 28.9 Å². The van der Waals surface area contributed by atoms with E-state index in [4.69, 9.17) is 4.74 Å². The second-order valence-electron chi connectivity index (χ2n) is 8.42. The molecule has 2 aliphatic rings. The van der Waals surface area contributed by atoms with Gasteiger partial charge in [0.2, 0.25) is 5.95 Å². The van der Waals surface area contributed by atoms with E-state index in [0.717, 1.165) is 49.8 Å². The zero-order valence-corrected chi connectivity index (χ0v) is 19.8. The van der Waals surface area contributed by atoms with Gasteiger partial charge in [-0.05, 0) is 47.5 Å². The van der Waals surface area contributed by atoms with E-state index in [0.29, 0.717) is 0 Å². The van der Waals surface area contributed by atoms with E-state index in [-0.39, 0.29) is 12.1 Å². The van der Waals surface area contributed by atoms with Crippen molar-refractivity contribution < 1.29 is 4.74 Å². The molecule has 3 aromatic carbocycles. The molecule has 6 rings (SSSR count). The molecular weight excluding hydrogens is 478 g/mol. The molecule has 7 heteroatoms. The smallest absolute Gasteiger partial charge is 0.226 e. The van der Waals surface area contributed by atoms with Crippen LogP contribution in [0, 0.1) is 0 Å². The van der Waals surface area contributed by atoms with Crippen LogP contribution in [0.3, 0.4) is 0 Å². The van der Waals surface area contributed by atoms with Crippen molar-refractivity contribution in [3.05, 3.63) is 106 Å². The first-order valence-electron chi connectivity index (χ1n) is 10.8. The molecule has 0 saturated heterocycles. The average Bonchev–Trinajstić information content (AvgIpc) is 3.31. The number of hydrogen-bond donors (Lipinski definition) is 1. The SMILES string of the molecule is CN(C)c1ccc([C@@H]2Oc3ccccc3C3=C2[C@H](c2ccc(Br)cc2)n2ncnc2N3)cc1. The van der Waals surface area contributed by atoms with Gasteiger partial charge in [-0.3, -0.25) is 0 Å². The van der Waals surface area contributed by atoms with Crippen molar-refractivity contribution in [3.8, 4) is 5.75 Å². The molecule has 33 heavy (non-hydrogen) atoms. The summed E-state index contributed by atoms with van der Waals surface area (Å²) in [6.45, 7) is 0. The lowest BCUT2D eigenvalue weighted by molar-refractivity contribution is 0.223. The van der Waals surface area contributed by atoms with Crippen LogP contribution in [-0.2, 0) is 0 Å². The minimum atomic E-state index is -0.274. The fourth-order valence-electron chi connectivity index (χ4n) is 4.61. The Morgan fingerprint density at radius 3 is 2.42 bits per heavy atom. The topological polar surface area (TPSA) is 55.2 Å². The molecule has 0 bridgehead atoms. The van der Waals surface area contributed by atoms with E-state index in [1.54, 1.807) is 6.33 Å². The molecule has 1 N–H and O–H groups in total. The first kappa shape index (κ1) is 20.1. The van der Waals surface area contributed by atoms with Crippen LogP contribution >= 0.6 is 15.9 Å². The van der Waals surface area contributed by atoms with E-state index >= 15 is 0 Å². The average molecular weight is 500 g/mol. The van der Waals surface area contributed by atoms with Crippen molar-refractivity contribution in [2.24, 2.45) is 0 Å². The summed E-state index contributed by atoms with van der Waals surface area (Å²) in [6, 6.07) is 24.9. The molecule has 164 valence electrons. The van der Waals surface area contributed by atoms with E-state index in [1.807, 2.05) is 37.0 Å². The third kappa shape index (κ3) is 3.31. The van der Waals surface area contributed by atoms with Crippen molar-refractivity contribution in [1.29, 1.82) is 0 Å². The van der Waals surface area contributed by atoms with Gasteiger partial charge in [-0.25, -0.2) is 4.68 Å². The molecule has 4 aromatic rings. The number of hydrogen-bond acceptors (Lipinski definition) is 5. The Morgan fingerprint density at radius 2 is 1.67 bits per heavy atom. The molecule has 0 saturated carbocycles. The highest BCUT2D eigenvalue weighted by Gasteiger charge is 2.40. The number of ether oxygens (including phenoxy) is 1. The van der Waals surface area contributed by atoms with Crippen molar-refractivity contribution in [3.63, 3.8) is 0 Å². The lowest BCUT2D eigenvalue weighted by Gasteiger charge is -2.39. The Kier molecular flexibility index (Phi) is 4.73. The number of nitrogens with one attached hydrogen (secondary N) is 1. The highest BCUT2D eigenvalue weighted by Crippen LogP contribution is 2.50. The molecule has 0 amide bonds. The number of rotatable bonds is 3. The van der Waals surface area contributed by atoms with E-state index in [9.17, 15) is 0 Å². The van der Waals surface area contributed by atoms with Gasteiger partial charge < -0.3 is 15.0 Å². The van der Waals surface area contributed by atoms with Crippen LogP contribution < -0.4 is 15.0 Å². The summed E-state index contributed by atoms with van der Waals surface area (Å²) in [6.07, 6.45) is 1.32. The van der Waals surface area contributed by atoms with Gasteiger partial charge >= 0.3 is 0 Å². The van der Waals surface area contributed by atoms with Crippen molar-refractivity contribution in [2.45, 2.75) is 12.1 Å². The van der Waals surface area contributed by atoms with Gasteiger partial charge in [0.15, 0.2) is 0 Å². The molecule has 0 radical (unpaired) electrons. The molecule has 0 spiro atoms. The predicted molar refractivity (Wildman–Crippen MR) is 133 cm³/mol. The predicted octanol–water partition coefficient (Wildman–Crippen LogP) is 5.67. The minimum Gasteiger partial charge on any atom is -0.480 e. The molecule has 3 heterocycles. The highest BCUT2D eigenvalue weighted by molar-refractivity contribution is 9.10. The third-order valence-electron chi connectivity index (χ3n) is 6.22. The van der Waals surface area contributed by atoms with Crippen molar-refractivity contribution in [1.82, 2.24) is 14.8 Å². The summed E-state index contributed by atoms with van der Waals surface area (Å²) in [4.78, 5) is 6.59. The molecule has 0 aliphatic carbocycles. The van der Waals surface area contributed by atoms with Crippen molar-refractivity contribution >= 4 is 33.3 Å². The molecule has 2 aliphatic heterocycles. The first-order chi connectivity index (χ1) is 16.1. The second kappa shape index (κ2) is 7.78. The van der Waals surface area contributed by atoms with Crippen LogP contribution in [0.25, 0.3) is 5.70 Å². The summed E-state index contributed by atoms with van der Waals surface area (Å²) in [5, 5.41) is 8.13. The van der Waals surface area contributed by atoms with Gasteiger partial charge in [-0.1, -0.05) is 52.3 Å². The summed E-state index contributed by atoms with van der Waals surface area (Å²) in [5.41, 5.74) is 6.55. The van der Waals surface area contributed by atoms with Gasteiger partial charge in [0.1, 0.15) is 24.2 Å². The number of halogens is 1. The molecule has 0 unspecified atom stereocenters. The molecule has 0 fully saturated rings. The minimum absolute atomic E-state index is 0.154. The maximum atomic E-state index is 6.67.